The molecule has 0 fully saturated rings. The minimum Gasteiger partial charge on any atom is -0.269 e. The van der Waals surface area contributed by atoms with Crippen molar-refractivity contribution in [1.82, 2.24) is 0 Å². The van der Waals surface area contributed by atoms with Crippen molar-refractivity contribution < 1.29 is 0 Å². The third-order valence-corrected chi connectivity index (χ3v) is 0.953. The lowest BCUT2D eigenvalue weighted by Crippen LogP contribution is -1.64. The highest BCUT2D eigenvalue weighted by atomic mass is 14.6. The number of nitrogens with zero attached hydrogens (tertiary/aromatic N) is 1. The van der Waals surface area contributed by atoms with Gasteiger partial charge in [-0.25, -0.2) is 0 Å². The molecule has 10 heavy (non-hydrogen) atoms. The minimum absolute atomic E-state index is 1.15. The second kappa shape index (κ2) is 6.02. The van der Waals surface area contributed by atoms with Gasteiger partial charge in [-0.2, -0.15) is 0 Å². The van der Waals surface area contributed by atoms with Crippen LogP contribution in [0.15, 0.2) is 41.6 Å². The van der Waals surface area contributed by atoms with Crippen LogP contribution in [0, 0.1) is 0 Å². The van der Waals surface area contributed by atoms with E-state index >= 15 is 0 Å². The van der Waals surface area contributed by atoms with Gasteiger partial charge in [0.15, 0.2) is 0 Å². The summed E-state index contributed by atoms with van der Waals surface area (Å²) in [7, 11) is 0. The van der Waals surface area contributed by atoms with Gasteiger partial charge in [-0.1, -0.05) is 18.7 Å². The Kier molecular flexibility index (Phi) is 5.35. The molecule has 0 aliphatic heterocycles. The molecule has 1 nitrogen and oxygen atoms in total. The molecule has 0 atom stereocenters. The summed E-state index contributed by atoms with van der Waals surface area (Å²) in [6, 6.07) is 0. The number of aliphatic imine (C=N–C) groups is 1. The Bertz CT molecular complexity index is 173. The lowest BCUT2D eigenvalue weighted by molar-refractivity contribution is 1.47. The van der Waals surface area contributed by atoms with Crippen LogP contribution in [0.3, 0.4) is 0 Å². The molecule has 1 heteroatoms. The fourth-order valence-electron chi connectivity index (χ4n) is 0.488. The van der Waals surface area contributed by atoms with E-state index in [9.17, 15) is 0 Å². The van der Waals surface area contributed by atoms with E-state index in [0.29, 0.717) is 0 Å². The van der Waals surface area contributed by atoms with Crippen LogP contribution in [-0.4, -0.2) is 6.21 Å². The van der Waals surface area contributed by atoms with E-state index in [4.69, 9.17) is 0 Å². The molecule has 0 aromatic carbocycles. The van der Waals surface area contributed by atoms with Gasteiger partial charge < -0.3 is 0 Å². The molecular weight excluding hydrogens is 122 g/mol. The van der Waals surface area contributed by atoms with E-state index < -0.39 is 0 Å². The normalized spacial score (nSPS) is 13.2. The highest BCUT2D eigenvalue weighted by molar-refractivity contribution is 5.54. The molecule has 0 saturated heterocycles. The molecule has 0 rings (SSSR count). The van der Waals surface area contributed by atoms with Crippen molar-refractivity contribution >= 4 is 6.21 Å². The van der Waals surface area contributed by atoms with Crippen molar-refractivity contribution in [3.63, 3.8) is 0 Å². The van der Waals surface area contributed by atoms with Gasteiger partial charge in [-0.15, -0.1) is 0 Å². The number of hydrogen-bond acceptors (Lipinski definition) is 1. The number of allylic oxidation sites excluding steroid dienone is 4. The van der Waals surface area contributed by atoms with Crippen LogP contribution in [-0.2, 0) is 0 Å². The zero-order valence-corrected chi connectivity index (χ0v) is 6.54. The standard InChI is InChI=1S/C9H13N/c1-4-6-9(3)7-8-10-5-2/h4-8H,1H2,2-3H3/b8-7-,9-6-,10-5+. The molecular formula is C9H13N. The molecule has 0 bridgehead atoms. The summed E-state index contributed by atoms with van der Waals surface area (Å²) in [5, 5.41) is 0. The van der Waals surface area contributed by atoms with Crippen LogP contribution in [0.2, 0.25) is 0 Å². The molecule has 0 unspecified atom stereocenters. The second-order valence-electron chi connectivity index (χ2n) is 1.87. The summed E-state index contributed by atoms with van der Waals surface area (Å²) >= 11 is 0. The predicted octanol–water partition coefficient (Wildman–Crippen LogP) is 2.72. The number of rotatable bonds is 3. The molecule has 0 aliphatic carbocycles. The van der Waals surface area contributed by atoms with E-state index in [1.54, 1.807) is 18.5 Å². The fraction of sp³-hybridized carbons (Fsp3) is 0.222. The maximum atomic E-state index is 3.91. The third kappa shape index (κ3) is 5.04. The van der Waals surface area contributed by atoms with Crippen LogP contribution >= 0.6 is 0 Å². The molecule has 0 aromatic heterocycles. The first kappa shape index (κ1) is 8.89. The molecule has 0 spiro atoms. The molecule has 0 N–H and O–H groups in total. The first-order valence-electron chi connectivity index (χ1n) is 3.25. The van der Waals surface area contributed by atoms with E-state index in [0.717, 1.165) is 5.57 Å². The maximum absolute atomic E-state index is 3.91. The second-order valence-corrected chi connectivity index (χ2v) is 1.87. The van der Waals surface area contributed by atoms with Gasteiger partial charge in [-0.05, 0) is 25.5 Å². The van der Waals surface area contributed by atoms with Gasteiger partial charge >= 0.3 is 0 Å². The molecule has 0 aromatic rings. The van der Waals surface area contributed by atoms with Crippen molar-refractivity contribution in [2.45, 2.75) is 13.8 Å². The molecule has 0 aliphatic rings. The van der Waals surface area contributed by atoms with E-state index in [-0.39, 0.29) is 0 Å². The quantitative estimate of drug-likeness (QED) is 0.417. The Hall–Kier alpha value is -1.11. The van der Waals surface area contributed by atoms with Gasteiger partial charge in [0.2, 0.25) is 0 Å². The summed E-state index contributed by atoms with van der Waals surface area (Å²) in [5.74, 6) is 0. The lowest BCUT2D eigenvalue weighted by Gasteiger charge is -1.83. The summed E-state index contributed by atoms with van der Waals surface area (Å²) in [6.07, 6.45) is 9.13. The zero-order valence-electron chi connectivity index (χ0n) is 6.54. The molecule has 54 valence electrons. The molecule has 0 heterocycles. The van der Waals surface area contributed by atoms with Crippen LogP contribution in [0.5, 0.6) is 0 Å². The van der Waals surface area contributed by atoms with Crippen molar-refractivity contribution in [3.05, 3.63) is 36.6 Å². The lowest BCUT2D eigenvalue weighted by atomic mass is 10.3. The maximum Gasteiger partial charge on any atom is 0.0266 e. The van der Waals surface area contributed by atoms with Crippen molar-refractivity contribution in [3.8, 4) is 0 Å². The van der Waals surface area contributed by atoms with Crippen molar-refractivity contribution in [1.29, 1.82) is 0 Å². The highest BCUT2D eigenvalue weighted by Crippen LogP contribution is 1.93. The average Bonchev–Trinajstić information content (AvgIpc) is 1.89. The summed E-state index contributed by atoms with van der Waals surface area (Å²) in [4.78, 5) is 3.91. The van der Waals surface area contributed by atoms with Crippen molar-refractivity contribution in [2.75, 3.05) is 0 Å². The van der Waals surface area contributed by atoms with Gasteiger partial charge in [0.1, 0.15) is 0 Å². The Morgan fingerprint density at radius 1 is 1.50 bits per heavy atom. The van der Waals surface area contributed by atoms with Gasteiger partial charge in [-0.3, -0.25) is 4.99 Å². The fourth-order valence-corrected chi connectivity index (χ4v) is 0.488. The molecule has 0 radical (unpaired) electrons. The smallest absolute Gasteiger partial charge is 0.0266 e. The van der Waals surface area contributed by atoms with Crippen LogP contribution in [0.1, 0.15) is 13.8 Å². The molecule has 0 amide bonds. The topological polar surface area (TPSA) is 12.4 Å². The highest BCUT2D eigenvalue weighted by Gasteiger charge is 1.73. The zero-order chi connectivity index (χ0) is 7.82. The van der Waals surface area contributed by atoms with Gasteiger partial charge in [0, 0.05) is 12.4 Å². The Labute approximate surface area is 62.5 Å². The first-order valence-corrected chi connectivity index (χ1v) is 3.25. The summed E-state index contributed by atoms with van der Waals surface area (Å²) in [5.41, 5.74) is 1.15. The van der Waals surface area contributed by atoms with Crippen LogP contribution in [0.25, 0.3) is 0 Å². The van der Waals surface area contributed by atoms with Crippen LogP contribution < -0.4 is 0 Å². The van der Waals surface area contributed by atoms with Gasteiger partial charge in [0.25, 0.3) is 0 Å². The summed E-state index contributed by atoms with van der Waals surface area (Å²) < 4.78 is 0. The van der Waals surface area contributed by atoms with Crippen LogP contribution in [0.4, 0.5) is 0 Å². The first-order chi connectivity index (χ1) is 4.81. The van der Waals surface area contributed by atoms with Gasteiger partial charge in [0.05, 0.1) is 0 Å². The third-order valence-electron chi connectivity index (χ3n) is 0.953. The predicted molar refractivity (Wildman–Crippen MR) is 47.3 cm³/mol. The Morgan fingerprint density at radius 2 is 2.20 bits per heavy atom. The Balaban J connectivity index is 3.88. The minimum atomic E-state index is 1.15. The largest absolute Gasteiger partial charge is 0.269 e. The van der Waals surface area contributed by atoms with Crippen molar-refractivity contribution in [2.24, 2.45) is 4.99 Å². The number of hydrogen-bond donors (Lipinski definition) is 0. The average molecular weight is 135 g/mol. The Morgan fingerprint density at radius 3 is 2.70 bits per heavy atom. The monoisotopic (exact) mass is 135 g/mol. The van der Waals surface area contributed by atoms with E-state index in [2.05, 4.69) is 11.6 Å². The summed E-state index contributed by atoms with van der Waals surface area (Å²) in [6.45, 7) is 7.47. The molecule has 0 saturated carbocycles. The SMILES string of the molecule is C=C\C=C(C)/C=C\N=C\C. The van der Waals surface area contributed by atoms with E-state index in [1.807, 2.05) is 26.0 Å². The van der Waals surface area contributed by atoms with E-state index in [1.165, 1.54) is 0 Å².